The molecule has 0 aliphatic carbocycles. The molecule has 116 valence electrons. The van der Waals surface area contributed by atoms with Gasteiger partial charge < -0.3 is 10.2 Å². The molecule has 1 aromatic carbocycles. The first-order valence-corrected chi connectivity index (χ1v) is 7.86. The van der Waals surface area contributed by atoms with Gasteiger partial charge in [-0.25, -0.2) is 4.39 Å². The molecule has 1 heterocycles. The number of nitrogens with zero attached hydrogens (tertiary/aromatic N) is 1. The lowest BCUT2D eigenvalue weighted by atomic mass is 9.75. The Kier molecular flexibility index (Phi) is 5.34. The number of carbonyl (C=O) groups excluding carboxylic acids is 1. The molecular weight excluding hydrogens is 267 g/mol. The van der Waals surface area contributed by atoms with Gasteiger partial charge in [0.1, 0.15) is 5.82 Å². The number of benzene rings is 1. The molecule has 21 heavy (non-hydrogen) atoms. The van der Waals surface area contributed by atoms with Crippen LogP contribution in [0.3, 0.4) is 0 Å². The lowest BCUT2D eigenvalue weighted by Gasteiger charge is -2.39. The standard InChI is InChI=1S/C17H25FN2O/c1-3-17(8-10-19-11-9-17)16(21)20(4-2)13-14-6-5-7-15(18)12-14/h5-7,12,19H,3-4,8-11,13H2,1-2H3. The zero-order chi connectivity index (χ0) is 15.3. The van der Waals surface area contributed by atoms with E-state index in [1.54, 1.807) is 6.07 Å². The summed E-state index contributed by atoms with van der Waals surface area (Å²) in [7, 11) is 0. The first-order valence-electron chi connectivity index (χ1n) is 7.86. The van der Waals surface area contributed by atoms with Crippen LogP contribution in [-0.4, -0.2) is 30.4 Å². The molecule has 0 atom stereocenters. The number of hydrogen-bond donors (Lipinski definition) is 1. The monoisotopic (exact) mass is 292 g/mol. The molecule has 1 aliphatic rings. The highest BCUT2D eigenvalue weighted by atomic mass is 19.1. The van der Waals surface area contributed by atoms with Crippen molar-refractivity contribution in [3.63, 3.8) is 0 Å². The van der Waals surface area contributed by atoms with Crippen molar-refractivity contribution in [2.75, 3.05) is 19.6 Å². The van der Waals surface area contributed by atoms with Crippen molar-refractivity contribution in [1.82, 2.24) is 10.2 Å². The second-order valence-corrected chi connectivity index (χ2v) is 5.83. The van der Waals surface area contributed by atoms with Crippen molar-refractivity contribution in [3.8, 4) is 0 Å². The van der Waals surface area contributed by atoms with Crippen LogP contribution in [0.1, 0.15) is 38.7 Å². The first kappa shape index (κ1) is 16.0. The average Bonchev–Trinajstić information content (AvgIpc) is 2.52. The second kappa shape index (κ2) is 7.03. The zero-order valence-electron chi connectivity index (χ0n) is 13.0. The molecule has 1 aliphatic heterocycles. The van der Waals surface area contributed by atoms with Crippen molar-refractivity contribution in [1.29, 1.82) is 0 Å². The summed E-state index contributed by atoms with van der Waals surface area (Å²) in [6, 6.07) is 6.52. The lowest BCUT2D eigenvalue weighted by Crippen LogP contribution is -2.48. The van der Waals surface area contributed by atoms with E-state index in [4.69, 9.17) is 0 Å². The summed E-state index contributed by atoms with van der Waals surface area (Å²) in [4.78, 5) is 14.8. The van der Waals surface area contributed by atoms with E-state index in [2.05, 4.69) is 12.2 Å². The number of carbonyl (C=O) groups is 1. The molecule has 0 aromatic heterocycles. The molecule has 0 spiro atoms. The summed E-state index contributed by atoms with van der Waals surface area (Å²) < 4.78 is 13.3. The minimum Gasteiger partial charge on any atom is -0.338 e. The SMILES string of the molecule is CCN(Cc1cccc(F)c1)C(=O)C1(CC)CCNCC1. The number of hydrogen-bond acceptors (Lipinski definition) is 2. The van der Waals surface area contributed by atoms with E-state index in [9.17, 15) is 9.18 Å². The molecule has 1 saturated heterocycles. The highest BCUT2D eigenvalue weighted by Crippen LogP contribution is 2.35. The average molecular weight is 292 g/mol. The van der Waals surface area contributed by atoms with Gasteiger partial charge in [0.05, 0.1) is 5.41 Å². The number of piperidine rings is 1. The van der Waals surface area contributed by atoms with E-state index in [1.165, 1.54) is 12.1 Å². The first-order chi connectivity index (χ1) is 10.1. The Morgan fingerprint density at radius 1 is 1.33 bits per heavy atom. The molecular formula is C17H25FN2O. The van der Waals surface area contributed by atoms with Crippen LogP contribution in [0, 0.1) is 11.2 Å². The highest BCUT2D eigenvalue weighted by Gasteiger charge is 2.40. The van der Waals surface area contributed by atoms with E-state index < -0.39 is 0 Å². The van der Waals surface area contributed by atoms with Gasteiger partial charge in [-0.1, -0.05) is 19.1 Å². The van der Waals surface area contributed by atoms with E-state index in [0.29, 0.717) is 13.1 Å². The van der Waals surface area contributed by atoms with Crippen LogP contribution in [-0.2, 0) is 11.3 Å². The molecule has 1 fully saturated rings. The van der Waals surface area contributed by atoms with E-state index >= 15 is 0 Å². The zero-order valence-corrected chi connectivity index (χ0v) is 13.0. The maximum absolute atomic E-state index is 13.3. The third-order valence-corrected chi connectivity index (χ3v) is 4.62. The fourth-order valence-corrected chi connectivity index (χ4v) is 3.14. The third kappa shape index (κ3) is 3.62. The van der Waals surface area contributed by atoms with Gasteiger partial charge in [-0.15, -0.1) is 0 Å². The molecule has 0 unspecified atom stereocenters. The van der Waals surface area contributed by atoms with Crippen molar-refractivity contribution in [3.05, 3.63) is 35.6 Å². The van der Waals surface area contributed by atoms with Gasteiger partial charge in [0, 0.05) is 13.1 Å². The van der Waals surface area contributed by atoms with Crippen LogP contribution in [0.15, 0.2) is 24.3 Å². The van der Waals surface area contributed by atoms with Crippen LogP contribution < -0.4 is 5.32 Å². The summed E-state index contributed by atoms with van der Waals surface area (Å²) >= 11 is 0. The Morgan fingerprint density at radius 2 is 2.05 bits per heavy atom. The minimum absolute atomic E-state index is 0.221. The summed E-state index contributed by atoms with van der Waals surface area (Å²) in [6.45, 7) is 7.03. The van der Waals surface area contributed by atoms with Gasteiger partial charge in [-0.2, -0.15) is 0 Å². The predicted octanol–water partition coefficient (Wildman–Crippen LogP) is 2.95. The number of rotatable bonds is 5. The van der Waals surface area contributed by atoms with Crippen molar-refractivity contribution < 1.29 is 9.18 Å². The topological polar surface area (TPSA) is 32.3 Å². The van der Waals surface area contributed by atoms with Crippen LogP contribution >= 0.6 is 0 Å². The van der Waals surface area contributed by atoms with E-state index in [0.717, 1.165) is 37.9 Å². The molecule has 1 aromatic rings. The number of nitrogens with one attached hydrogen (secondary N) is 1. The Hall–Kier alpha value is -1.42. The second-order valence-electron chi connectivity index (χ2n) is 5.83. The Bertz CT molecular complexity index is 483. The molecule has 1 amide bonds. The molecule has 0 saturated carbocycles. The summed E-state index contributed by atoms with van der Waals surface area (Å²) in [5.74, 6) is -0.0265. The van der Waals surface area contributed by atoms with Gasteiger partial charge in [0.25, 0.3) is 0 Å². The van der Waals surface area contributed by atoms with Crippen LogP contribution in [0.5, 0.6) is 0 Å². The van der Waals surface area contributed by atoms with Crippen molar-refractivity contribution in [2.24, 2.45) is 5.41 Å². The lowest BCUT2D eigenvalue weighted by molar-refractivity contribution is -0.144. The molecule has 3 nitrogen and oxygen atoms in total. The molecule has 0 bridgehead atoms. The van der Waals surface area contributed by atoms with Crippen LogP contribution in [0.2, 0.25) is 0 Å². The van der Waals surface area contributed by atoms with Crippen LogP contribution in [0.4, 0.5) is 4.39 Å². The Morgan fingerprint density at radius 3 is 2.62 bits per heavy atom. The van der Waals surface area contributed by atoms with Gasteiger partial charge in [0.2, 0.25) is 5.91 Å². The van der Waals surface area contributed by atoms with Gasteiger partial charge in [-0.05, 0) is 57.0 Å². The van der Waals surface area contributed by atoms with E-state index in [-0.39, 0.29) is 17.1 Å². The van der Waals surface area contributed by atoms with Crippen LogP contribution in [0.25, 0.3) is 0 Å². The van der Waals surface area contributed by atoms with E-state index in [1.807, 2.05) is 17.9 Å². The molecule has 2 rings (SSSR count). The Balaban J connectivity index is 2.14. The fourth-order valence-electron chi connectivity index (χ4n) is 3.14. The number of halogens is 1. The third-order valence-electron chi connectivity index (χ3n) is 4.62. The summed E-state index contributed by atoms with van der Waals surface area (Å²) in [5, 5.41) is 3.32. The fraction of sp³-hybridized carbons (Fsp3) is 0.588. The molecule has 0 radical (unpaired) electrons. The van der Waals surface area contributed by atoms with Crippen molar-refractivity contribution >= 4 is 5.91 Å². The van der Waals surface area contributed by atoms with Gasteiger partial charge >= 0.3 is 0 Å². The minimum atomic E-state index is -0.247. The van der Waals surface area contributed by atoms with Gasteiger partial charge in [-0.3, -0.25) is 4.79 Å². The van der Waals surface area contributed by atoms with Gasteiger partial charge in [0.15, 0.2) is 0 Å². The van der Waals surface area contributed by atoms with Crippen molar-refractivity contribution in [2.45, 2.75) is 39.7 Å². The number of amides is 1. The Labute approximate surface area is 126 Å². The predicted molar refractivity (Wildman–Crippen MR) is 82.3 cm³/mol. The maximum Gasteiger partial charge on any atom is 0.229 e. The summed E-state index contributed by atoms with van der Waals surface area (Å²) in [5.41, 5.74) is 0.611. The molecule has 1 N–H and O–H groups in total. The largest absolute Gasteiger partial charge is 0.338 e. The maximum atomic E-state index is 13.3. The quantitative estimate of drug-likeness (QED) is 0.905. The molecule has 4 heteroatoms. The summed E-state index contributed by atoms with van der Waals surface area (Å²) in [6.07, 6.45) is 2.65. The normalized spacial score (nSPS) is 17.5. The smallest absolute Gasteiger partial charge is 0.229 e. The highest BCUT2D eigenvalue weighted by molar-refractivity contribution is 5.82.